The van der Waals surface area contributed by atoms with Gasteiger partial charge in [0.1, 0.15) is 0 Å². The lowest BCUT2D eigenvalue weighted by molar-refractivity contribution is 0.0985. The van der Waals surface area contributed by atoms with Gasteiger partial charge < -0.3 is 0 Å². The molecule has 0 aliphatic rings. The fourth-order valence-electron chi connectivity index (χ4n) is 3.61. The Morgan fingerprint density at radius 1 is 0.861 bits per heavy atom. The molecule has 0 aliphatic carbocycles. The molecule has 1 amide bonds. The molecule has 5 nitrogen and oxygen atoms in total. The SMILES string of the molecule is Cc1ccc2nc(N(/N=C/c3ccc(Br)cc3)C(=O)c3ccc(C(=O)c4ccccc4)cc3)sc2c1. The summed E-state index contributed by atoms with van der Waals surface area (Å²) in [4.78, 5) is 31.0. The van der Waals surface area contributed by atoms with E-state index < -0.39 is 0 Å². The molecular formula is C29H20BrN3O2S. The van der Waals surface area contributed by atoms with Crippen LogP contribution in [0.5, 0.6) is 0 Å². The zero-order valence-electron chi connectivity index (χ0n) is 19.3. The van der Waals surface area contributed by atoms with Crippen LogP contribution in [-0.4, -0.2) is 22.9 Å². The minimum Gasteiger partial charge on any atom is -0.289 e. The monoisotopic (exact) mass is 553 g/mol. The topological polar surface area (TPSA) is 62.6 Å². The van der Waals surface area contributed by atoms with Crippen LogP contribution in [0.1, 0.15) is 37.4 Å². The average molecular weight is 554 g/mol. The van der Waals surface area contributed by atoms with Gasteiger partial charge in [-0.1, -0.05) is 87.9 Å². The van der Waals surface area contributed by atoms with E-state index in [1.54, 1.807) is 42.6 Å². The molecule has 0 N–H and O–H groups in total. The summed E-state index contributed by atoms with van der Waals surface area (Å²) in [6.07, 6.45) is 1.63. The van der Waals surface area contributed by atoms with E-state index in [4.69, 9.17) is 0 Å². The van der Waals surface area contributed by atoms with Gasteiger partial charge in [-0.05, 0) is 54.4 Å². The van der Waals surface area contributed by atoms with Gasteiger partial charge in [-0.15, -0.1) is 0 Å². The largest absolute Gasteiger partial charge is 0.289 e. The number of amides is 1. The van der Waals surface area contributed by atoms with E-state index in [1.165, 1.54) is 16.3 Å². The number of benzene rings is 4. The predicted molar refractivity (Wildman–Crippen MR) is 149 cm³/mol. The third-order valence-electron chi connectivity index (χ3n) is 5.53. The molecule has 0 atom stereocenters. The zero-order valence-corrected chi connectivity index (χ0v) is 21.7. The molecule has 1 aromatic heterocycles. The van der Waals surface area contributed by atoms with Crippen molar-refractivity contribution in [3.63, 3.8) is 0 Å². The number of hydrazone groups is 1. The number of aryl methyl sites for hydroxylation is 1. The number of carbonyl (C=O) groups excluding carboxylic acids is 2. The van der Waals surface area contributed by atoms with Crippen molar-refractivity contribution < 1.29 is 9.59 Å². The second kappa shape index (κ2) is 10.4. The standard InChI is InChI=1S/C29H20BrN3O2S/c1-19-7-16-25-26(17-19)36-29(32-25)33(31-18-20-8-14-24(30)15-9-20)28(35)23-12-10-22(11-13-23)27(34)21-5-3-2-4-6-21/h2-18H,1H3/b31-18+. The Balaban J connectivity index is 1.48. The highest BCUT2D eigenvalue weighted by molar-refractivity contribution is 9.10. The summed E-state index contributed by atoms with van der Waals surface area (Å²) in [6.45, 7) is 2.02. The van der Waals surface area contributed by atoms with Gasteiger partial charge >= 0.3 is 0 Å². The maximum absolute atomic E-state index is 13.6. The lowest BCUT2D eigenvalue weighted by Crippen LogP contribution is -2.25. The van der Waals surface area contributed by atoms with E-state index in [1.807, 2.05) is 67.6 Å². The van der Waals surface area contributed by atoms with Crippen LogP contribution in [0.25, 0.3) is 10.2 Å². The lowest BCUT2D eigenvalue weighted by atomic mass is 10.0. The number of hydrogen-bond acceptors (Lipinski definition) is 5. The van der Waals surface area contributed by atoms with Crippen LogP contribution in [0.4, 0.5) is 5.13 Å². The first kappa shape index (κ1) is 23.8. The van der Waals surface area contributed by atoms with Crippen molar-refractivity contribution in [2.45, 2.75) is 6.92 Å². The zero-order chi connectivity index (χ0) is 25.1. The first-order valence-corrected chi connectivity index (χ1v) is 12.8. The average Bonchev–Trinajstić information content (AvgIpc) is 3.32. The molecule has 0 saturated carbocycles. The first-order chi connectivity index (χ1) is 17.5. The molecule has 5 rings (SSSR count). The third-order valence-corrected chi connectivity index (χ3v) is 7.05. The summed E-state index contributed by atoms with van der Waals surface area (Å²) in [5, 5.41) is 6.30. The Kier molecular flexibility index (Phi) is 6.84. The predicted octanol–water partition coefficient (Wildman–Crippen LogP) is 7.28. The van der Waals surface area contributed by atoms with Crippen LogP contribution >= 0.6 is 27.3 Å². The van der Waals surface area contributed by atoms with Crippen LogP contribution < -0.4 is 5.01 Å². The molecule has 7 heteroatoms. The van der Waals surface area contributed by atoms with Crippen LogP contribution in [0.2, 0.25) is 0 Å². The van der Waals surface area contributed by atoms with Crippen LogP contribution in [0, 0.1) is 6.92 Å². The lowest BCUT2D eigenvalue weighted by Gasteiger charge is -2.14. The van der Waals surface area contributed by atoms with Gasteiger partial charge in [0.25, 0.3) is 5.91 Å². The fraction of sp³-hybridized carbons (Fsp3) is 0.0345. The second-order valence-electron chi connectivity index (χ2n) is 8.15. The van der Waals surface area contributed by atoms with E-state index in [0.29, 0.717) is 21.8 Å². The van der Waals surface area contributed by atoms with Gasteiger partial charge in [0.05, 0.1) is 16.4 Å². The Bertz CT molecular complexity index is 1580. The molecule has 5 aromatic rings. The third kappa shape index (κ3) is 5.17. The molecule has 0 unspecified atom stereocenters. The van der Waals surface area contributed by atoms with E-state index in [9.17, 15) is 9.59 Å². The smallest absolute Gasteiger partial charge is 0.280 e. The van der Waals surface area contributed by atoms with Crippen molar-refractivity contribution >= 4 is 60.5 Å². The Labute approximate surface area is 220 Å². The van der Waals surface area contributed by atoms with E-state index in [2.05, 4.69) is 26.0 Å². The molecule has 36 heavy (non-hydrogen) atoms. The van der Waals surface area contributed by atoms with Gasteiger partial charge in [-0.3, -0.25) is 9.59 Å². The van der Waals surface area contributed by atoms with E-state index in [0.717, 1.165) is 25.8 Å². The molecule has 0 radical (unpaired) electrons. The number of aromatic nitrogens is 1. The van der Waals surface area contributed by atoms with Crippen LogP contribution in [0.3, 0.4) is 0 Å². The molecule has 0 fully saturated rings. The van der Waals surface area contributed by atoms with Crippen molar-refractivity contribution in [1.82, 2.24) is 4.98 Å². The molecule has 176 valence electrons. The Hall–Kier alpha value is -3.94. The molecular weight excluding hydrogens is 534 g/mol. The summed E-state index contributed by atoms with van der Waals surface area (Å²) >= 11 is 4.83. The number of anilines is 1. The van der Waals surface area contributed by atoms with Gasteiger partial charge in [0, 0.05) is 21.2 Å². The maximum Gasteiger partial charge on any atom is 0.280 e. The molecule has 0 aliphatic heterocycles. The highest BCUT2D eigenvalue weighted by Gasteiger charge is 2.21. The summed E-state index contributed by atoms with van der Waals surface area (Å²) in [7, 11) is 0. The van der Waals surface area contributed by atoms with Crippen LogP contribution in [0.15, 0.2) is 107 Å². The summed E-state index contributed by atoms with van der Waals surface area (Å²) in [5.74, 6) is -0.431. The van der Waals surface area contributed by atoms with Gasteiger partial charge in [-0.25, -0.2) is 4.98 Å². The van der Waals surface area contributed by atoms with Crippen molar-refractivity contribution in [3.8, 4) is 0 Å². The number of halogens is 1. The molecule has 0 bridgehead atoms. The summed E-state index contributed by atoms with van der Waals surface area (Å²) in [5.41, 5.74) is 4.29. The van der Waals surface area contributed by atoms with E-state index in [-0.39, 0.29) is 11.7 Å². The number of fused-ring (bicyclic) bond motifs is 1. The van der Waals surface area contributed by atoms with Gasteiger partial charge in [0.2, 0.25) is 5.13 Å². The highest BCUT2D eigenvalue weighted by Crippen LogP contribution is 2.31. The fourth-order valence-corrected chi connectivity index (χ4v) is 4.90. The van der Waals surface area contributed by atoms with E-state index >= 15 is 0 Å². The second-order valence-corrected chi connectivity index (χ2v) is 10.1. The summed E-state index contributed by atoms with van der Waals surface area (Å²) in [6, 6.07) is 29.3. The van der Waals surface area contributed by atoms with Crippen molar-refractivity contribution in [2.24, 2.45) is 5.10 Å². The number of ketones is 1. The number of rotatable bonds is 6. The minimum atomic E-state index is -0.335. The minimum absolute atomic E-state index is 0.0961. The number of thiazole rings is 1. The summed E-state index contributed by atoms with van der Waals surface area (Å²) < 4.78 is 1.93. The number of hydrogen-bond donors (Lipinski definition) is 0. The molecule has 0 spiro atoms. The number of nitrogens with zero attached hydrogens (tertiary/aromatic N) is 3. The maximum atomic E-state index is 13.6. The van der Waals surface area contributed by atoms with Crippen molar-refractivity contribution in [3.05, 3.63) is 129 Å². The van der Waals surface area contributed by atoms with Crippen molar-refractivity contribution in [1.29, 1.82) is 0 Å². The quantitative estimate of drug-likeness (QED) is 0.126. The Morgan fingerprint density at radius 3 is 2.25 bits per heavy atom. The highest BCUT2D eigenvalue weighted by atomic mass is 79.9. The molecule has 0 saturated heterocycles. The van der Waals surface area contributed by atoms with Crippen LogP contribution in [-0.2, 0) is 0 Å². The number of carbonyl (C=O) groups is 2. The Morgan fingerprint density at radius 2 is 1.53 bits per heavy atom. The molecule has 1 heterocycles. The van der Waals surface area contributed by atoms with Crippen molar-refractivity contribution in [2.75, 3.05) is 5.01 Å². The molecule has 4 aromatic carbocycles. The normalized spacial score (nSPS) is 11.2. The van der Waals surface area contributed by atoms with Gasteiger partial charge in [0.15, 0.2) is 5.78 Å². The van der Waals surface area contributed by atoms with Gasteiger partial charge in [-0.2, -0.15) is 10.1 Å². The first-order valence-electron chi connectivity index (χ1n) is 11.2.